The van der Waals surface area contributed by atoms with Gasteiger partial charge in [0.05, 0.1) is 17.3 Å². The molecule has 1 aromatic heterocycles. The number of hydrogen-bond acceptors (Lipinski definition) is 5. The summed E-state index contributed by atoms with van der Waals surface area (Å²) in [5, 5.41) is 3.14. The van der Waals surface area contributed by atoms with E-state index in [1.165, 1.54) is 4.57 Å². The predicted molar refractivity (Wildman–Crippen MR) is 120 cm³/mol. The summed E-state index contributed by atoms with van der Waals surface area (Å²) in [5.41, 5.74) is 0.495. The summed E-state index contributed by atoms with van der Waals surface area (Å²) in [7, 11) is 0. The third-order valence-corrected chi connectivity index (χ3v) is 4.82. The van der Waals surface area contributed by atoms with E-state index in [-0.39, 0.29) is 18.9 Å². The molecule has 0 atom stereocenters. The average Bonchev–Trinajstić information content (AvgIpc) is 2.81. The highest BCUT2D eigenvalue weighted by molar-refractivity contribution is 6.04. The number of para-hydroxylation sites is 1. The Hall–Kier alpha value is -4.46. The van der Waals surface area contributed by atoms with Crippen LogP contribution in [0.4, 0.5) is 5.69 Å². The summed E-state index contributed by atoms with van der Waals surface area (Å²) >= 11 is 0. The Labute approximate surface area is 182 Å². The van der Waals surface area contributed by atoms with Gasteiger partial charge < -0.3 is 10.1 Å². The number of rotatable bonds is 6. The topological polar surface area (TPSA) is 110 Å². The lowest BCUT2D eigenvalue weighted by molar-refractivity contribution is -0.134. The van der Waals surface area contributed by atoms with Gasteiger partial charge in [-0.1, -0.05) is 30.3 Å². The molecule has 0 saturated carbocycles. The molecular formula is C24H19N3O5. The van der Waals surface area contributed by atoms with E-state index >= 15 is 0 Å². The molecule has 4 aromatic rings. The van der Waals surface area contributed by atoms with Crippen LogP contribution in [0.1, 0.15) is 16.8 Å². The Balaban J connectivity index is 1.38. The predicted octanol–water partition coefficient (Wildman–Crippen LogP) is 2.94. The number of aryl methyl sites for hydroxylation is 1. The van der Waals surface area contributed by atoms with Crippen LogP contribution in [-0.2, 0) is 11.3 Å². The smallest absolute Gasteiger partial charge is 0.328 e. The number of benzene rings is 3. The number of carbonyl (C=O) groups excluding carboxylic acids is 2. The summed E-state index contributed by atoms with van der Waals surface area (Å²) in [5.74, 6) is -0.464. The van der Waals surface area contributed by atoms with E-state index in [9.17, 15) is 19.2 Å². The lowest BCUT2D eigenvalue weighted by Crippen LogP contribution is -2.31. The number of ether oxygens (including phenoxy) is 1. The normalized spacial score (nSPS) is 10.6. The van der Waals surface area contributed by atoms with Gasteiger partial charge in [-0.25, -0.2) is 4.79 Å². The Morgan fingerprint density at radius 1 is 0.875 bits per heavy atom. The summed E-state index contributed by atoms with van der Waals surface area (Å²) < 4.78 is 6.65. The van der Waals surface area contributed by atoms with Crippen LogP contribution in [0.25, 0.3) is 10.9 Å². The van der Waals surface area contributed by atoms with Crippen LogP contribution < -0.4 is 21.3 Å². The fourth-order valence-electron chi connectivity index (χ4n) is 3.25. The van der Waals surface area contributed by atoms with E-state index in [1.807, 2.05) is 6.07 Å². The van der Waals surface area contributed by atoms with Gasteiger partial charge in [-0.2, -0.15) is 0 Å². The first-order valence-electron chi connectivity index (χ1n) is 9.90. The first-order valence-corrected chi connectivity index (χ1v) is 9.90. The first kappa shape index (κ1) is 20.8. The lowest BCUT2D eigenvalue weighted by atomic mass is 10.2. The second-order valence-corrected chi connectivity index (χ2v) is 7.00. The van der Waals surface area contributed by atoms with E-state index in [2.05, 4.69) is 10.3 Å². The number of esters is 1. The number of H-pyrrole nitrogens is 1. The maximum absolute atomic E-state index is 12.3. The number of carbonyl (C=O) groups is 2. The van der Waals surface area contributed by atoms with Crippen LogP contribution in [-0.4, -0.2) is 21.4 Å². The molecule has 1 heterocycles. The molecule has 160 valence electrons. The molecule has 0 bridgehead atoms. The summed E-state index contributed by atoms with van der Waals surface area (Å²) in [6.07, 6.45) is -0.0670. The van der Waals surface area contributed by atoms with Crippen LogP contribution in [0.15, 0.2) is 88.5 Å². The minimum Gasteiger partial charge on any atom is -0.426 e. The molecule has 8 heteroatoms. The summed E-state index contributed by atoms with van der Waals surface area (Å²) in [4.78, 5) is 50.8. The van der Waals surface area contributed by atoms with Crippen LogP contribution in [0.5, 0.6) is 5.75 Å². The van der Waals surface area contributed by atoms with Crippen LogP contribution in [0, 0.1) is 0 Å². The highest BCUT2D eigenvalue weighted by Gasteiger charge is 2.11. The lowest BCUT2D eigenvalue weighted by Gasteiger charge is -2.10. The average molecular weight is 429 g/mol. The Kier molecular flexibility index (Phi) is 5.94. The number of hydrogen-bond donors (Lipinski definition) is 2. The van der Waals surface area contributed by atoms with Gasteiger partial charge in [0, 0.05) is 17.8 Å². The molecule has 0 aliphatic rings. The van der Waals surface area contributed by atoms with Crippen molar-refractivity contribution in [3.63, 3.8) is 0 Å². The zero-order chi connectivity index (χ0) is 22.5. The first-order chi connectivity index (χ1) is 15.5. The third-order valence-electron chi connectivity index (χ3n) is 4.82. The molecule has 4 rings (SSSR count). The number of fused-ring (bicyclic) bond motifs is 1. The van der Waals surface area contributed by atoms with Crippen molar-refractivity contribution in [2.75, 3.05) is 5.32 Å². The number of aromatic amines is 1. The Morgan fingerprint density at radius 2 is 1.56 bits per heavy atom. The van der Waals surface area contributed by atoms with E-state index in [1.54, 1.807) is 72.8 Å². The third kappa shape index (κ3) is 4.65. The quantitative estimate of drug-likeness (QED) is 0.362. The molecule has 0 spiro atoms. The van der Waals surface area contributed by atoms with Gasteiger partial charge >= 0.3 is 11.7 Å². The van der Waals surface area contributed by atoms with E-state index in [0.29, 0.717) is 27.9 Å². The molecule has 0 aliphatic heterocycles. The number of nitrogens with zero attached hydrogens (tertiary/aromatic N) is 1. The fraction of sp³-hybridized carbons (Fsp3) is 0.0833. The van der Waals surface area contributed by atoms with Crippen molar-refractivity contribution in [1.82, 2.24) is 9.55 Å². The second kappa shape index (κ2) is 9.13. The Morgan fingerprint density at radius 3 is 2.31 bits per heavy atom. The van der Waals surface area contributed by atoms with Crippen molar-refractivity contribution in [1.29, 1.82) is 0 Å². The Bertz CT molecular complexity index is 1390. The van der Waals surface area contributed by atoms with Gasteiger partial charge in [-0.15, -0.1) is 0 Å². The number of anilines is 1. The molecule has 0 unspecified atom stereocenters. The van der Waals surface area contributed by atoms with Gasteiger partial charge in [-0.05, 0) is 48.5 Å². The van der Waals surface area contributed by atoms with Crippen molar-refractivity contribution in [3.8, 4) is 5.75 Å². The minimum atomic E-state index is -0.583. The maximum Gasteiger partial charge on any atom is 0.328 e. The van der Waals surface area contributed by atoms with Crippen molar-refractivity contribution >= 4 is 28.5 Å². The highest BCUT2D eigenvalue weighted by Crippen LogP contribution is 2.17. The van der Waals surface area contributed by atoms with Crippen LogP contribution in [0.3, 0.4) is 0 Å². The highest BCUT2D eigenvalue weighted by atomic mass is 16.5. The summed E-state index contributed by atoms with van der Waals surface area (Å²) in [6.45, 7) is 0.0557. The molecule has 0 radical (unpaired) electrons. The molecule has 8 nitrogen and oxygen atoms in total. The number of amides is 1. The van der Waals surface area contributed by atoms with Crippen molar-refractivity contribution in [2.24, 2.45) is 0 Å². The SMILES string of the molecule is O=C(CCn1c(=O)[nH]c(=O)c2ccccc21)Oc1ccc(NC(=O)c2ccccc2)cc1. The van der Waals surface area contributed by atoms with E-state index in [0.717, 1.165) is 0 Å². The molecule has 0 fully saturated rings. The summed E-state index contributed by atoms with van der Waals surface area (Å²) in [6, 6.07) is 21.9. The van der Waals surface area contributed by atoms with E-state index < -0.39 is 17.2 Å². The zero-order valence-corrected chi connectivity index (χ0v) is 16.9. The second-order valence-electron chi connectivity index (χ2n) is 7.00. The van der Waals surface area contributed by atoms with Gasteiger partial charge in [-0.3, -0.25) is 23.9 Å². The molecule has 2 N–H and O–H groups in total. The monoisotopic (exact) mass is 429 g/mol. The molecule has 32 heavy (non-hydrogen) atoms. The van der Waals surface area contributed by atoms with Crippen molar-refractivity contribution < 1.29 is 14.3 Å². The largest absolute Gasteiger partial charge is 0.426 e. The fourth-order valence-corrected chi connectivity index (χ4v) is 3.25. The number of nitrogens with one attached hydrogen (secondary N) is 2. The van der Waals surface area contributed by atoms with Gasteiger partial charge in [0.2, 0.25) is 0 Å². The van der Waals surface area contributed by atoms with Gasteiger partial charge in [0.15, 0.2) is 0 Å². The zero-order valence-electron chi connectivity index (χ0n) is 16.9. The molecule has 0 saturated heterocycles. The van der Waals surface area contributed by atoms with E-state index in [4.69, 9.17) is 4.74 Å². The molecule has 1 amide bonds. The van der Waals surface area contributed by atoms with Crippen LogP contribution in [0.2, 0.25) is 0 Å². The van der Waals surface area contributed by atoms with Crippen LogP contribution >= 0.6 is 0 Å². The minimum absolute atomic E-state index is 0.0557. The molecule has 0 aliphatic carbocycles. The van der Waals surface area contributed by atoms with Gasteiger partial charge in [0.25, 0.3) is 11.5 Å². The van der Waals surface area contributed by atoms with Crippen molar-refractivity contribution in [3.05, 3.63) is 105 Å². The van der Waals surface area contributed by atoms with Gasteiger partial charge in [0.1, 0.15) is 5.75 Å². The standard InChI is InChI=1S/C24H19N3O5/c28-21(14-15-27-20-9-5-4-8-19(20)23(30)26-24(27)31)32-18-12-10-17(11-13-18)25-22(29)16-6-2-1-3-7-16/h1-13H,14-15H2,(H,25,29)(H,26,30,31). The number of aromatic nitrogens is 2. The maximum atomic E-state index is 12.3. The van der Waals surface area contributed by atoms with Crippen molar-refractivity contribution in [2.45, 2.75) is 13.0 Å². The molecule has 3 aromatic carbocycles. The molecular weight excluding hydrogens is 410 g/mol.